The lowest BCUT2D eigenvalue weighted by Gasteiger charge is -2.27. The Morgan fingerprint density at radius 3 is 2.71 bits per heavy atom. The van der Waals surface area contributed by atoms with E-state index < -0.39 is 0 Å². The molecule has 0 radical (unpaired) electrons. The maximum atomic E-state index is 9.47. The van der Waals surface area contributed by atoms with Crippen molar-refractivity contribution in [3.05, 3.63) is 28.5 Å². The number of nitrogens with one attached hydrogen (secondary N) is 1. The molecule has 1 heterocycles. The molecule has 0 aromatic carbocycles. The van der Waals surface area contributed by atoms with Crippen LogP contribution in [0.1, 0.15) is 43.8 Å². The summed E-state index contributed by atoms with van der Waals surface area (Å²) in [7, 11) is 0. The minimum absolute atomic E-state index is 0.0359. The summed E-state index contributed by atoms with van der Waals surface area (Å²) in [5.41, 5.74) is 0.918. The van der Waals surface area contributed by atoms with Gasteiger partial charge in [0.05, 0.1) is 18.3 Å². The Hall–Kier alpha value is -0.450. The minimum atomic E-state index is -0.0359. The Bertz CT molecular complexity index is 336. The van der Waals surface area contributed by atoms with Crippen LogP contribution in [-0.2, 0) is 0 Å². The van der Waals surface area contributed by atoms with E-state index in [2.05, 4.69) is 26.2 Å². The summed E-state index contributed by atoms with van der Waals surface area (Å²) in [6, 6.07) is 4.42. The largest absolute Gasteiger partial charge is 0.394 e. The number of hydrogen-bond acceptors (Lipinski definition) is 3. The van der Waals surface area contributed by atoms with Crippen LogP contribution in [0.25, 0.3) is 0 Å². The Kier molecular flexibility index (Phi) is 4.95. The number of aliphatic hydroxyl groups is 1. The average molecular weight is 299 g/mol. The van der Waals surface area contributed by atoms with Gasteiger partial charge in [0.2, 0.25) is 0 Å². The van der Waals surface area contributed by atoms with E-state index in [1.54, 1.807) is 6.20 Å². The van der Waals surface area contributed by atoms with Crippen LogP contribution < -0.4 is 5.32 Å². The normalized spacial score (nSPS) is 19.2. The van der Waals surface area contributed by atoms with Crippen LogP contribution in [0.3, 0.4) is 0 Å². The lowest BCUT2D eigenvalue weighted by atomic mass is 9.94. The van der Waals surface area contributed by atoms with E-state index in [1.807, 2.05) is 12.1 Å². The molecule has 1 aliphatic carbocycles. The molecular formula is C13H19BrN2O. The molecule has 1 atom stereocenters. The first-order chi connectivity index (χ1) is 8.29. The van der Waals surface area contributed by atoms with Crippen molar-refractivity contribution in [2.45, 2.75) is 44.2 Å². The van der Waals surface area contributed by atoms with Crippen LogP contribution in [-0.4, -0.2) is 22.7 Å². The van der Waals surface area contributed by atoms with Crippen molar-refractivity contribution in [1.82, 2.24) is 10.3 Å². The summed E-state index contributed by atoms with van der Waals surface area (Å²) in [6.45, 7) is 0.102. The van der Waals surface area contributed by atoms with Gasteiger partial charge < -0.3 is 10.4 Å². The first-order valence-corrected chi connectivity index (χ1v) is 7.07. The van der Waals surface area contributed by atoms with Crippen molar-refractivity contribution in [1.29, 1.82) is 0 Å². The van der Waals surface area contributed by atoms with E-state index in [0.29, 0.717) is 6.04 Å². The lowest BCUT2D eigenvalue weighted by Crippen LogP contribution is -2.36. The van der Waals surface area contributed by atoms with Gasteiger partial charge in [0, 0.05) is 16.7 Å². The highest BCUT2D eigenvalue weighted by Gasteiger charge is 2.19. The van der Waals surface area contributed by atoms with Gasteiger partial charge in [-0.2, -0.15) is 0 Å². The van der Waals surface area contributed by atoms with Crippen molar-refractivity contribution in [3.8, 4) is 0 Å². The number of rotatable bonds is 4. The molecule has 94 valence electrons. The van der Waals surface area contributed by atoms with Crippen LogP contribution >= 0.6 is 15.9 Å². The zero-order valence-electron chi connectivity index (χ0n) is 9.90. The zero-order valence-corrected chi connectivity index (χ0v) is 11.5. The zero-order chi connectivity index (χ0) is 12.1. The molecule has 0 amide bonds. The van der Waals surface area contributed by atoms with E-state index in [-0.39, 0.29) is 12.6 Å². The standard InChI is InChI=1S/C13H19BrN2O/c14-10-6-7-12(15-8-10)13(9-17)16-11-4-2-1-3-5-11/h6-8,11,13,16-17H,1-5,9H2. The summed E-state index contributed by atoms with van der Waals surface area (Å²) in [5, 5.41) is 13.0. The van der Waals surface area contributed by atoms with Crippen molar-refractivity contribution >= 4 is 15.9 Å². The Morgan fingerprint density at radius 1 is 1.35 bits per heavy atom. The number of halogens is 1. The number of aromatic nitrogens is 1. The Balaban J connectivity index is 1.97. The molecule has 1 unspecified atom stereocenters. The average Bonchev–Trinajstić information content (AvgIpc) is 2.38. The second kappa shape index (κ2) is 6.47. The Labute approximate surface area is 111 Å². The highest BCUT2D eigenvalue weighted by atomic mass is 79.9. The molecule has 3 nitrogen and oxygen atoms in total. The van der Waals surface area contributed by atoms with E-state index >= 15 is 0 Å². The van der Waals surface area contributed by atoms with Gasteiger partial charge in [-0.3, -0.25) is 4.98 Å². The molecule has 2 rings (SSSR count). The monoisotopic (exact) mass is 298 g/mol. The highest BCUT2D eigenvalue weighted by molar-refractivity contribution is 9.10. The first kappa shape index (κ1) is 13.0. The van der Waals surface area contributed by atoms with Crippen molar-refractivity contribution < 1.29 is 5.11 Å². The van der Waals surface area contributed by atoms with E-state index in [1.165, 1.54) is 32.1 Å². The van der Waals surface area contributed by atoms with Gasteiger partial charge in [0.15, 0.2) is 0 Å². The number of hydrogen-bond donors (Lipinski definition) is 2. The van der Waals surface area contributed by atoms with E-state index in [9.17, 15) is 5.11 Å². The van der Waals surface area contributed by atoms with Crippen LogP contribution in [0.2, 0.25) is 0 Å². The van der Waals surface area contributed by atoms with Crippen LogP contribution in [0, 0.1) is 0 Å². The molecule has 1 aromatic rings. The fourth-order valence-corrected chi connectivity index (χ4v) is 2.61. The molecule has 1 aliphatic rings. The van der Waals surface area contributed by atoms with E-state index in [4.69, 9.17) is 0 Å². The fourth-order valence-electron chi connectivity index (χ4n) is 2.38. The van der Waals surface area contributed by atoms with Gasteiger partial charge in [-0.1, -0.05) is 19.3 Å². The molecule has 1 aromatic heterocycles. The number of pyridine rings is 1. The quantitative estimate of drug-likeness (QED) is 0.898. The molecule has 0 spiro atoms. The number of aliphatic hydroxyl groups excluding tert-OH is 1. The molecule has 4 heteroatoms. The first-order valence-electron chi connectivity index (χ1n) is 6.28. The van der Waals surface area contributed by atoms with Crippen LogP contribution in [0.5, 0.6) is 0 Å². The van der Waals surface area contributed by atoms with Crippen molar-refractivity contribution in [3.63, 3.8) is 0 Å². The third kappa shape index (κ3) is 3.76. The molecule has 0 aliphatic heterocycles. The van der Waals surface area contributed by atoms with Gasteiger partial charge in [-0.05, 0) is 40.9 Å². The summed E-state index contributed by atoms with van der Waals surface area (Å²) < 4.78 is 0.968. The van der Waals surface area contributed by atoms with Crippen LogP contribution in [0.4, 0.5) is 0 Å². The second-order valence-corrected chi connectivity index (χ2v) is 5.55. The molecular weight excluding hydrogens is 280 g/mol. The van der Waals surface area contributed by atoms with Gasteiger partial charge in [0.25, 0.3) is 0 Å². The predicted octanol–water partition coefficient (Wildman–Crippen LogP) is 2.80. The van der Waals surface area contributed by atoms with Gasteiger partial charge in [0.1, 0.15) is 0 Å². The van der Waals surface area contributed by atoms with Gasteiger partial charge >= 0.3 is 0 Å². The Morgan fingerprint density at radius 2 is 2.12 bits per heavy atom. The fraction of sp³-hybridized carbons (Fsp3) is 0.615. The third-order valence-corrected chi connectivity index (χ3v) is 3.80. The van der Waals surface area contributed by atoms with Crippen LogP contribution in [0.15, 0.2) is 22.8 Å². The van der Waals surface area contributed by atoms with Gasteiger partial charge in [-0.25, -0.2) is 0 Å². The minimum Gasteiger partial charge on any atom is -0.394 e. The predicted molar refractivity (Wildman–Crippen MR) is 71.8 cm³/mol. The molecule has 1 saturated carbocycles. The third-order valence-electron chi connectivity index (χ3n) is 3.33. The molecule has 0 bridgehead atoms. The second-order valence-electron chi connectivity index (χ2n) is 4.64. The lowest BCUT2D eigenvalue weighted by molar-refractivity contribution is 0.217. The van der Waals surface area contributed by atoms with E-state index in [0.717, 1.165) is 10.2 Å². The topological polar surface area (TPSA) is 45.1 Å². The maximum absolute atomic E-state index is 9.47. The van der Waals surface area contributed by atoms with Crippen molar-refractivity contribution in [2.75, 3.05) is 6.61 Å². The molecule has 0 saturated heterocycles. The summed E-state index contributed by atoms with van der Waals surface area (Å²) in [5.74, 6) is 0. The summed E-state index contributed by atoms with van der Waals surface area (Å²) in [6.07, 6.45) is 8.15. The summed E-state index contributed by atoms with van der Waals surface area (Å²) in [4.78, 5) is 4.35. The molecule has 17 heavy (non-hydrogen) atoms. The van der Waals surface area contributed by atoms with Crippen molar-refractivity contribution in [2.24, 2.45) is 0 Å². The smallest absolute Gasteiger partial charge is 0.0732 e. The number of nitrogens with zero attached hydrogens (tertiary/aromatic N) is 1. The maximum Gasteiger partial charge on any atom is 0.0732 e. The highest BCUT2D eigenvalue weighted by Crippen LogP contribution is 2.21. The van der Waals surface area contributed by atoms with Gasteiger partial charge in [-0.15, -0.1) is 0 Å². The SMILES string of the molecule is OCC(NC1CCCCC1)c1ccc(Br)cn1. The summed E-state index contributed by atoms with van der Waals surface area (Å²) >= 11 is 3.37. The molecule has 1 fully saturated rings. The molecule has 2 N–H and O–H groups in total.